The summed E-state index contributed by atoms with van der Waals surface area (Å²) >= 11 is 0. The molecule has 1 fully saturated rings. The van der Waals surface area contributed by atoms with Gasteiger partial charge in [0, 0.05) is 24.4 Å². The summed E-state index contributed by atoms with van der Waals surface area (Å²) in [6.45, 7) is 5.55. The first-order chi connectivity index (χ1) is 17.5. The SMILES string of the molecule is CCCCCC1CCC(Cn2c(C)ccc2-c2ccc(O[C@H](Cc3ccccc3)C(=O)O)cc2)CC1. The third kappa shape index (κ3) is 7.02. The number of unbranched alkanes of at least 4 members (excludes halogenated alkanes) is 2. The van der Waals surface area contributed by atoms with Gasteiger partial charge in [0.25, 0.3) is 0 Å². The Labute approximate surface area is 216 Å². The minimum Gasteiger partial charge on any atom is -0.478 e. The maximum Gasteiger partial charge on any atom is 0.345 e. The number of benzene rings is 2. The first-order valence-electron chi connectivity index (χ1n) is 13.7. The van der Waals surface area contributed by atoms with Gasteiger partial charge in [-0.3, -0.25) is 0 Å². The van der Waals surface area contributed by atoms with Crippen LogP contribution in [0.1, 0.15) is 69.5 Å². The molecule has 36 heavy (non-hydrogen) atoms. The van der Waals surface area contributed by atoms with Crippen molar-refractivity contribution in [2.45, 2.75) is 84.3 Å². The second kappa shape index (κ2) is 12.8. The van der Waals surface area contributed by atoms with E-state index in [9.17, 15) is 9.90 Å². The number of rotatable bonds is 12. The summed E-state index contributed by atoms with van der Waals surface area (Å²) in [5.74, 6) is 1.31. The van der Waals surface area contributed by atoms with E-state index in [1.165, 1.54) is 62.8 Å². The van der Waals surface area contributed by atoms with E-state index in [1.807, 2.05) is 54.6 Å². The molecular weight excluding hydrogens is 446 g/mol. The minimum atomic E-state index is -0.951. The Balaban J connectivity index is 1.38. The van der Waals surface area contributed by atoms with Crippen molar-refractivity contribution in [3.63, 3.8) is 0 Å². The summed E-state index contributed by atoms with van der Waals surface area (Å²) in [7, 11) is 0. The molecular formula is C32H41NO3. The standard InChI is InChI=1S/C32H41NO3/c1-3-4-6-9-25-13-15-27(16-14-25)23-33-24(2)12-21-30(33)28-17-19-29(20-18-28)36-31(32(34)35)22-26-10-7-5-8-11-26/h5,7-8,10-12,17-21,25,27,31H,3-4,6,9,13-16,22-23H2,1-2H3,(H,34,35)/t25?,27?,31-/m1/s1. The lowest BCUT2D eigenvalue weighted by Crippen LogP contribution is -2.29. The molecule has 1 aromatic heterocycles. The number of aryl methyl sites for hydroxylation is 1. The zero-order valence-corrected chi connectivity index (χ0v) is 21.9. The van der Waals surface area contributed by atoms with E-state index < -0.39 is 12.1 Å². The molecule has 1 aliphatic carbocycles. The van der Waals surface area contributed by atoms with Crippen LogP contribution in [0.5, 0.6) is 5.75 Å². The van der Waals surface area contributed by atoms with Crippen LogP contribution in [0.4, 0.5) is 0 Å². The molecule has 1 saturated carbocycles. The van der Waals surface area contributed by atoms with Crippen LogP contribution in [0.3, 0.4) is 0 Å². The Bertz CT molecular complexity index is 1080. The molecule has 2 aromatic carbocycles. The summed E-state index contributed by atoms with van der Waals surface area (Å²) in [6, 6.07) is 21.9. The van der Waals surface area contributed by atoms with E-state index in [2.05, 4.69) is 30.5 Å². The van der Waals surface area contributed by atoms with Crippen molar-refractivity contribution in [3.05, 3.63) is 78.0 Å². The zero-order valence-electron chi connectivity index (χ0n) is 21.9. The minimum absolute atomic E-state index is 0.334. The van der Waals surface area contributed by atoms with E-state index in [0.717, 1.165) is 29.5 Å². The lowest BCUT2D eigenvalue weighted by molar-refractivity contribution is -0.145. The molecule has 0 unspecified atom stereocenters. The van der Waals surface area contributed by atoms with Gasteiger partial charge in [0.1, 0.15) is 5.75 Å². The molecule has 1 aliphatic rings. The normalized spacial score (nSPS) is 18.6. The van der Waals surface area contributed by atoms with E-state index in [0.29, 0.717) is 12.2 Å². The number of nitrogens with zero attached hydrogens (tertiary/aromatic N) is 1. The van der Waals surface area contributed by atoms with Crippen LogP contribution in [-0.2, 0) is 17.8 Å². The van der Waals surface area contributed by atoms with Gasteiger partial charge in [-0.2, -0.15) is 0 Å². The topological polar surface area (TPSA) is 51.5 Å². The lowest BCUT2D eigenvalue weighted by atomic mass is 9.79. The van der Waals surface area contributed by atoms with Crippen molar-refractivity contribution < 1.29 is 14.6 Å². The van der Waals surface area contributed by atoms with Crippen molar-refractivity contribution in [2.75, 3.05) is 0 Å². The number of carboxylic acid groups (broad SMARTS) is 1. The van der Waals surface area contributed by atoms with Gasteiger partial charge in [-0.25, -0.2) is 4.79 Å². The average Bonchev–Trinajstić information content (AvgIpc) is 3.25. The number of ether oxygens (including phenoxy) is 1. The molecule has 0 amide bonds. The number of carbonyl (C=O) groups is 1. The van der Waals surface area contributed by atoms with Crippen LogP contribution in [0.25, 0.3) is 11.3 Å². The van der Waals surface area contributed by atoms with Crippen molar-refractivity contribution in [2.24, 2.45) is 11.8 Å². The molecule has 0 radical (unpaired) electrons. The predicted octanol–water partition coefficient (Wildman–Crippen LogP) is 7.92. The molecule has 4 heteroatoms. The second-order valence-corrected chi connectivity index (χ2v) is 10.5. The van der Waals surface area contributed by atoms with Crippen LogP contribution < -0.4 is 4.74 Å². The molecule has 0 aliphatic heterocycles. The van der Waals surface area contributed by atoms with Gasteiger partial charge in [0.15, 0.2) is 6.10 Å². The molecule has 1 atom stereocenters. The third-order valence-corrected chi connectivity index (χ3v) is 7.79. The van der Waals surface area contributed by atoms with E-state index >= 15 is 0 Å². The summed E-state index contributed by atoms with van der Waals surface area (Å²) in [6.07, 6.45) is 10.3. The fourth-order valence-electron chi connectivity index (χ4n) is 5.58. The van der Waals surface area contributed by atoms with Crippen molar-refractivity contribution in [3.8, 4) is 17.0 Å². The maximum atomic E-state index is 11.8. The van der Waals surface area contributed by atoms with Gasteiger partial charge in [-0.1, -0.05) is 75.8 Å². The van der Waals surface area contributed by atoms with Crippen LogP contribution >= 0.6 is 0 Å². The first kappa shape index (κ1) is 26.1. The molecule has 3 aromatic rings. The highest BCUT2D eigenvalue weighted by Gasteiger charge is 2.23. The average molecular weight is 488 g/mol. The van der Waals surface area contributed by atoms with Crippen molar-refractivity contribution in [1.82, 2.24) is 4.57 Å². The predicted molar refractivity (Wildman–Crippen MR) is 146 cm³/mol. The maximum absolute atomic E-state index is 11.8. The quantitative estimate of drug-likeness (QED) is 0.264. The van der Waals surface area contributed by atoms with Crippen LogP contribution in [-0.4, -0.2) is 21.7 Å². The van der Waals surface area contributed by atoms with Crippen LogP contribution in [0.2, 0.25) is 0 Å². The van der Waals surface area contributed by atoms with Gasteiger partial charge in [-0.15, -0.1) is 0 Å². The highest BCUT2D eigenvalue weighted by atomic mass is 16.5. The van der Waals surface area contributed by atoms with E-state index in [4.69, 9.17) is 4.74 Å². The Kier molecular flexibility index (Phi) is 9.27. The van der Waals surface area contributed by atoms with Crippen molar-refractivity contribution in [1.29, 1.82) is 0 Å². The van der Waals surface area contributed by atoms with Gasteiger partial charge < -0.3 is 14.4 Å². The Morgan fingerprint density at radius 2 is 1.64 bits per heavy atom. The summed E-state index contributed by atoms with van der Waals surface area (Å²) in [4.78, 5) is 11.8. The summed E-state index contributed by atoms with van der Waals surface area (Å²) in [5.41, 5.74) is 4.61. The van der Waals surface area contributed by atoms with Gasteiger partial charge >= 0.3 is 5.97 Å². The Morgan fingerprint density at radius 1 is 0.944 bits per heavy atom. The number of hydrogen-bond acceptors (Lipinski definition) is 2. The van der Waals surface area contributed by atoms with E-state index in [-0.39, 0.29) is 0 Å². The molecule has 0 bridgehead atoms. The number of hydrogen-bond donors (Lipinski definition) is 1. The fraction of sp³-hybridized carbons (Fsp3) is 0.469. The molecule has 1 N–H and O–H groups in total. The van der Waals surface area contributed by atoms with Gasteiger partial charge in [-0.05, 0) is 79.1 Å². The fourth-order valence-corrected chi connectivity index (χ4v) is 5.58. The molecule has 1 heterocycles. The summed E-state index contributed by atoms with van der Waals surface area (Å²) in [5, 5.41) is 9.67. The van der Waals surface area contributed by atoms with Gasteiger partial charge in [0.2, 0.25) is 0 Å². The highest BCUT2D eigenvalue weighted by molar-refractivity contribution is 5.73. The lowest BCUT2D eigenvalue weighted by Gasteiger charge is -2.30. The molecule has 192 valence electrons. The highest BCUT2D eigenvalue weighted by Crippen LogP contribution is 2.34. The van der Waals surface area contributed by atoms with E-state index in [1.54, 1.807) is 0 Å². The largest absolute Gasteiger partial charge is 0.478 e. The Morgan fingerprint density at radius 3 is 2.31 bits per heavy atom. The number of aliphatic carboxylic acids is 1. The molecule has 0 spiro atoms. The van der Waals surface area contributed by atoms with Crippen molar-refractivity contribution >= 4 is 5.97 Å². The first-order valence-corrected chi connectivity index (χ1v) is 13.7. The monoisotopic (exact) mass is 487 g/mol. The second-order valence-electron chi connectivity index (χ2n) is 10.5. The zero-order chi connectivity index (χ0) is 25.3. The van der Waals surface area contributed by atoms with Crippen LogP contribution in [0.15, 0.2) is 66.7 Å². The summed E-state index contributed by atoms with van der Waals surface area (Å²) < 4.78 is 8.33. The molecule has 0 saturated heterocycles. The van der Waals surface area contributed by atoms with Gasteiger partial charge in [0.05, 0.1) is 0 Å². The molecule has 4 rings (SSSR count). The number of aromatic nitrogens is 1. The Hall–Kier alpha value is -3.01. The molecule has 4 nitrogen and oxygen atoms in total. The third-order valence-electron chi connectivity index (χ3n) is 7.79. The van der Waals surface area contributed by atoms with Crippen LogP contribution in [0, 0.1) is 18.8 Å². The number of carboxylic acids is 1. The smallest absolute Gasteiger partial charge is 0.345 e.